The molecule has 4 nitrogen and oxygen atoms in total. The van der Waals surface area contributed by atoms with Crippen molar-refractivity contribution in [2.45, 2.75) is 36.2 Å². The van der Waals surface area contributed by atoms with Gasteiger partial charge in [-0.05, 0) is 48.2 Å². The van der Waals surface area contributed by atoms with Crippen LogP contribution in [0.15, 0.2) is 58.6 Å². The van der Waals surface area contributed by atoms with Crippen LogP contribution in [0.3, 0.4) is 0 Å². The van der Waals surface area contributed by atoms with E-state index in [9.17, 15) is 4.79 Å². The van der Waals surface area contributed by atoms with E-state index in [-0.39, 0.29) is 17.4 Å². The number of piperidine rings is 1. The first-order valence-corrected chi connectivity index (χ1v) is 9.01. The molecule has 3 rings (SSSR count). The summed E-state index contributed by atoms with van der Waals surface area (Å²) in [7, 11) is 0. The Bertz CT molecular complexity index is 700. The Labute approximate surface area is 147 Å². The van der Waals surface area contributed by atoms with Gasteiger partial charge in [-0.25, -0.2) is 4.98 Å². The molecule has 1 aromatic carbocycles. The van der Waals surface area contributed by atoms with Crippen LogP contribution in [0.1, 0.15) is 30.6 Å². The maximum atomic E-state index is 12.7. The number of aromatic nitrogens is 1. The third-order valence-corrected chi connectivity index (χ3v) is 5.52. The van der Waals surface area contributed by atoms with Gasteiger partial charge in [0.2, 0.25) is 0 Å². The summed E-state index contributed by atoms with van der Waals surface area (Å²) in [5, 5.41) is 0.948. The summed E-state index contributed by atoms with van der Waals surface area (Å²) >= 11 is 1.59. The van der Waals surface area contributed by atoms with Crippen LogP contribution in [0.4, 0.5) is 0 Å². The third kappa shape index (κ3) is 3.79. The molecule has 1 fully saturated rings. The van der Waals surface area contributed by atoms with Crippen molar-refractivity contribution in [1.82, 2.24) is 9.88 Å². The molecule has 0 aliphatic carbocycles. The molecular weight excluding hydrogens is 318 g/mol. The second-order valence-electron chi connectivity index (χ2n) is 6.90. The monoisotopic (exact) mass is 341 g/mol. The lowest BCUT2D eigenvalue weighted by molar-refractivity contribution is 0.0533. The lowest BCUT2D eigenvalue weighted by Gasteiger charge is -2.42. The minimum absolute atomic E-state index is 0.0390. The summed E-state index contributed by atoms with van der Waals surface area (Å²) < 4.78 is 0. The second-order valence-corrected chi connectivity index (χ2v) is 8.00. The van der Waals surface area contributed by atoms with E-state index in [2.05, 4.69) is 18.8 Å². The van der Waals surface area contributed by atoms with Crippen molar-refractivity contribution in [3.8, 4) is 0 Å². The van der Waals surface area contributed by atoms with Gasteiger partial charge in [0.05, 0.1) is 0 Å². The van der Waals surface area contributed by atoms with E-state index >= 15 is 0 Å². The smallest absolute Gasteiger partial charge is 0.253 e. The van der Waals surface area contributed by atoms with Crippen LogP contribution < -0.4 is 5.73 Å². The Kier molecular flexibility index (Phi) is 4.92. The number of benzene rings is 1. The average Bonchev–Trinajstić information content (AvgIpc) is 2.58. The Morgan fingerprint density at radius 2 is 2.00 bits per heavy atom. The molecule has 1 aliphatic rings. The number of carbonyl (C=O) groups is 1. The molecular formula is C19H23N3OS. The van der Waals surface area contributed by atoms with Gasteiger partial charge in [-0.1, -0.05) is 31.7 Å². The number of rotatable bonds is 3. The van der Waals surface area contributed by atoms with Crippen molar-refractivity contribution in [2.75, 3.05) is 13.1 Å². The maximum Gasteiger partial charge on any atom is 0.253 e. The minimum atomic E-state index is -0.0390. The maximum absolute atomic E-state index is 12.7. The highest BCUT2D eigenvalue weighted by molar-refractivity contribution is 7.99. The molecule has 1 atom stereocenters. The number of nitrogens with two attached hydrogens (primary N) is 1. The van der Waals surface area contributed by atoms with Gasteiger partial charge in [0, 0.05) is 35.8 Å². The van der Waals surface area contributed by atoms with Gasteiger partial charge in [-0.15, -0.1) is 0 Å². The standard InChI is InChI=1S/C19H23N3OS/c1-19(2)13-22(12-10-16(19)20)18(23)14-6-8-15(9-7-14)24-17-5-3-4-11-21-17/h3-9,11,16H,10,12-13,20H2,1-2H3. The van der Waals surface area contributed by atoms with Crippen molar-refractivity contribution >= 4 is 17.7 Å². The van der Waals surface area contributed by atoms with Gasteiger partial charge in [-0.3, -0.25) is 4.79 Å². The molecule has 5 heteroatoms. The molecule has 1 aliphatic heterocycles. The number of pyridine rings is 1. The van der Waals surface area contributed by atoms with Gasteiger partial charge in [-0.2, -0.15) is 0 Å². The fraction of sp³-hybridized carbons (Fsp3) is 0.368. The summed E-state index contributed by atoms with van der Waals surface area (Å²) in [4.78, 5) is 20.0. The summed E-state index contributed by atoms with van der Waals surface area (Å²) in [6, 6.07) is 13.8. The highest BCUT2D eigenvalue weighted by atomic mass is 32.2. The van der Waals surface area contributed by atoms with E-state index in [1.807, 2.05) is 47.4 Å². The Balaban J connectivity index is 1.68. The van der Waals surface area contributed by atoms with Crippen molar-refractivity contribution in [2.24, 2.45) is 11.1 Å². The van der Waals surface area contributed by atoms with E-state index in [0.29, 0.717) is 6.54 Å². The quantitative estimate of drug-likeness (QED) is 0.929. The summed E-state index contributed by atoms with van der Waals surface area (Å²) in [6.45, 7) is 5.69. The number of nitrogens with zero attached hydrogens (tertiary/aromatic N) is 2. The second kappa shape index (κ2) is 6.95. The van der Waals surface area contributed by atoms with E-state index < -0.39 is 0 Å². The molecule has 0 saturated carbocycles. The van der Waals surface area contributed by atoms with Gasteiger partial charge < -0.3 is 10.6 Å². The largest absolute Gasteiger partial charge is 0.338 e. The molecule has 0 radical (unpaired) electrons. The minimum Gasteiger partial charge on any atom is -0.338 e. The van der Waals surface area contributed by atoms with Crippen LogP contribution in [0.5, 0.6) is 0 Å². The number of likely N-dealkylation sites (tertiary alicyclic amines) is 1. The van der Waals surface area contributed by atoms with E-state index in [0.717, 1.165) is 28.5 Å². The molecule has 1 saturated heterocycles. The van der Waals surface area contributed by atoms with Gasteiger partial charge in [0.25, 0.3) is 5.91 Å². The number of hydrogen-bond donors (Lipinski definition) is 1. The van der Waals surface area contributed by atoms with E-state index in [1.165, 1.54) is 0 Å². The first-order chi connectivity index (χ1) is 11.5. The molecule has 1 unspecified atom stereocenters. The zero-order valence-corrected chi connectivity index (χ0v) is 14.9. The normalized spacial score (nSPS) is 20.0. The highest BCUT2D eigenvalue weighted by Crippen LogP contribution is 2.29. The Morgan fingerprint density at radius 1 is 1.25 bits per heavy atom. The third-order valence-electron chi connectivity index (χ3n) is 4.56. The fourth-order valence-corrected chi connectivity index (χ4v) is 3.70. The SMILES string of the molecule is CC1(C)CN(C(=O)c2ccc(Sc3ccccn3)cc2)CCC1N. The number of carbonyl (C=O) groups excluding carboxylic acids is 1. The van der Waals surface area contributed by atoms with Crippen LogP contribution in [0.25, 0.3) is 0 Å². The molecule has 2 heterocycles. The Hall–Kier alpha value is -1.85. The lowest BCUT2D eigenvalue weighted by Crippen LogP contribution is -2.53. The van der Waals surface area contributed by atoms with Gasteiger partial charge in [0.15, 0.2) is 0 Å². The molecule has 1 aromatic heterocycles. The van der Waals surface area contributed by atoms with Crippen LogP contribution in [-0.2, 0) is 0 Å². The van der Waals surface area contributed by atoms with E-state index in [4.69, 9.17) is 5.73 Å². The zero-order chi connectivity index (χ0) is 17.2. The van der Waals surface area contributed by atoms with Crippen molar-refractivity contribution < 1.29 is 4.79 Å². The van der Waals surface area contributed by atoms with Gasteiger partial charge >= 0.3 is 0 Å². The molecule has 2 aromatic rings. The predicted molar refractivity (Wildman–Crippen MR) is 97.1 cm³/mol. The molecule has 24 heavy (non-hydrogen) atoms. The summed E-state index contributed by atoms with van der Waals surface area (Å²) in [5.41, 5.74) is 6.85. The molecule has 0 spiro atoms. The van der Waals surface area contributed by atoms with Crippen molar-refractivity contribution in [3.05, 3.63) is 54.2 Å². The lowest BCUT2D eigenvalue weighted by atomic mass is 9.79. The first-order valence-electron chi connectivity index (χ1n) is 8.19. The van der Waals surface area contributed by atoms with E-state index in [1.54, 1.807) is 18.0 Å². The van der Waals surface area contributed by atoms with Gasteiger partial charge in [0.1, 0.15) is 5.03 Å². The van der Waals surface area contributed by atoms with Crippen molar-refractivity contribution in [1.29, 1.82) is 0 Å². The average molecular weight is 341 g/mol. The summed E-state index contributed by atoms with van der Waals surface area (Å²) in [5.74, 6) is 0.0874. The fourth-order valence-electron chi connectivity index (χ4n) is 2.92. The molecule has 0 bridgehead atoms. The number of amides is 1. The summed E-state index contributed by atoms with van der Waals surface area (Å²) in [6.07, 6.45) is 2.63. The Morgan fingerprint density at radius 3 is 2.62 bits per heavy atom. The molecule has 1 amide bonds. The predicted octanol–water partition coefficient (Wildman–Crippen LogP) is 3.43. The van der Waals surface area contributed by atoms with Crippen LogP contribution in [0.2, 0.25) is 0 Å². The highest BCUT2D eigenvalue weighted by Gasteiger charge is 2.35. The first kappa shape index (κ1) is 17.0. The number of hydrogen-bond acceptors (Lipinski definition) is 4. The zero-order valence-electron chi connectivity index (χ0n) is 14.1. The van der Waals surface area contributed by atoms with Crippen LogP contribution in [0, 0.1) is 5.41 Å². The topological polar surface area (TPSA) is 59.2 Å². The van der Waals surface area contributed by atoms with Crippen LogP contribution >= 0.6 is 11.8 Å². The molecule has 126 valence electrons. The van der Waals surface area contributed by atoms with Crippen LogP contribution in [-0.4, -0.2) is 34.9 Å². The van der Waals surface area contributed by atoms with Crippen molar-refractivity contribution in [3.63, 3.8) is 0 Å². The molecule has 2 N–H and O–H groups in total.